The molecule has 4 heteroatoms. The number of hydrogen-bond acceptors (Lipinski definition) is 3. The van der Waals surface area contributed by atoms with Crippen molar-refractivity contribution in [2.24, 2.45) is 5.41 Å². The molecule has 2 aliphatic carbocycles. The number of rotatable bonds is 4. The lowest BCUT2D eigenvalue weighted by molar-refractivity contribution is 0.273. The maximum absolute atomic E-state index is 4.27. The van der Waals surface area contributed by atoms with E-state index < -0.39 is 0 Å². The van der Waals surface area contributed by atoms with E-state index in [-0.39, 0.29) is 0 Å². The van der Waals surface area contributed by atoms with Crippen molar-refractivity contribution in [3.63, 3.8) is 0 Å². The van der Waals surface area contributed by atoms with Gasteiger partial charge in [-0.15, -0.1) is 5.10 Å². The summed E-state index contributed by atoms with van der Waals surface area (Å²) >= 11 is 0. The molecule has 0 atom stereocenters. The summed E-state index contributed by atoms with van der Waals surface area (Å²) in [6.45, 7) is 0.824. The van der Waals surface area contributed by atoms with E-state index in [1.54, 1.807) is 0 Å². The van der Waals surface area contributed by atoms with Crippen LogP contribution in [0.25, 0.3) is 5.69 Å². The minimum atomic E-state index is 0.665. The third-order valence-corrected chi connectivity index (χ3v) is 5.14. The number of nitrogens with zero attached hydrogens (tertiary/aromatic N) is 3. The van der Waals surface area contributed by atoms with Crippen molar-refractivity contribution >= 4 is 0 Å². The zero-order chi connectivity index (χ0) is 14.1. The molecule has 0 unspecified atom stereocenters. The smallest absolute Gasteiger partial charge is 0.0969 e. The average molecular weight is 282 g/mol. The molecule has 2 saturated carbocycles. The van der Waals surface area contributed by atoms with Gasteiger partial charge in [0.15, 0.2) is 0 Å². The molecule has 21 heavy (non-hydrogen) atoms. The van der Waals surface area contributed by atoms with Crippen LogP contribution in [0, 0.1) is 5.41 Å². The zero-order valence-corrected chi connectivity index (χ0v) is 12.3. The van der Waals surface area contributed by atoms with Crippen LogP contribution in [0.1, 0.15) is 44.2 Å². The number of aromatic nitrogens is 3. The van der Waals surface area contributed by atoms with Gasteiger partial charge >= 0.3 is 0 Å². The van der Waals surface area contributed by atoms with E-state index in [0.717, 1.165) is 23.3 Å². The van der Waals surface area contributed by atoms with Gasteiger partial charge in [-0.05, 0) is 56.1 Å². The molecular weight excluding hydrogens is 260 g/mol. The lowest BCUT2D eigenvalue weighted by Crippen LogP contribution is -2.33. The molecule has 1 aromatic carbocycles. The third kappa shape index (κ3) is 2.86. The average Bonchev–Trinajstić information content (AvgIpc) is 3.12. The first-order valence-electron chi connectivity index (χ1n) is 8.03. The van der Waals surface area contributed by atoms with Gasteiger partial charge in [0.1, 0.15) is 0 Å². The van der Waals surface area contributed by atoms with E-state index >= 15 is 0 Å². The highest BCUT2D eigenvalue weighted by molar-refractivity contribution is 5.29. The van der Waals surface area contributed by atoms with Crippen LogP contribution in [-0.2, 0) is 6.54 Å². The van der Waals surface area contributed by atoms with E-state index in [0.29, 0.717) is 6.04 Å². The molecule has 2 aromatic rings. The number of para-hydroxylation sites is 1. The van der Waals surface area contributed by atoms with Crippen molar-refractivity contribution in [1.29, 1.82) is 0 Å². The molecule has 0 radical (unpaired) electrons. The molecule has 1 N–H and O–H groups in total. The predicted molar refractivity (Wildman–Crippen MR) is 82.1 cm³/mol. The van der Waals surface area contributed by atoms with Crippen molar-refractivity contribution in [3.8, 4) is 5.69 Å². The van der Waals surface area contributed by atoms with Crippen LogP contribution in [-0.4, -0.2) is 21.0 Å². The van der Waals surface area contributed by atoms with Crippen LogP contribution in [0.15, 0.2) is 36.5 Å². The summed E-state index contributed by atoms with van der Waals surface area (Å²) in [4.78, 5) is 0. The minimum absolute atomic E-state index is 0.665. The topological polar surface area (TPSA) is 42.7 Å². The van der Waals surface area contributed by atoms with Crippen LogP contribution in [0.5, 0.6) is 0 Å². The molecule has 1 spiro atoms. The van der Waals surface area contributed by atoms with Gasteiger partial charge in [-0.3, -0.25) is 0 Å². The molecule has 4 nitrogen and oxygen atoms in total. The maximum atomic E-state index is 4.27. The summed E-state index contributed by atoms with van der Waals surface area (Å²) in [6.07, 6.45) is 10.5. The second kappa shape index (κ2) is 5.26. The summed E-state index contributed by atoms with van der Waals surface area (Å²) < 4.78 is 1.84. The molecule has 1 heterocycles. The first-order chi connectivity index (χ1) is 10.3. The van der Waals surface area contributed by atoms with Gasteiger partial charge in [0.2, 0.25) is 0 Å². The van der Waals surface area contributed by atoms with Crippen LogP contribution in [0.4, 0.5) is 0 Å². The molecule has 0 saturated heterocycles. The molecule has 1 aromatic heterocycles. The van der Waals surface area contributed by atoms with Gasteiger partial charge in [0, 0.05) is 12.6 Å². The second-order valence-electron chi connectivity index (χ2n) is 6.65. The largest absolute Gasteiger partial charge is 0.308 e. The summed E-state index contributed by atoms with van der Waals surface area (Å²) in [5, 5.41) is 12.1. The summed E-state index contributed by atoms with van der Waals surface area (Å²) in [7, 11) is 0. The Kier molecular flexibility index (Phi) is 3.26. The number of hydrogen-bond donors (Lipinski definition) is 1. The van der Waals surface area contributed by atoms with Gasteiger partial charge in [0.25, 0.3) is 0 Å². The van der Waals surface area contributed by atoms with Crippen molar-refractivity contribution in [2.45, 2.75) is 51.1 Å². The van der Waals surface area contributed by atoms with Crippen LogP contribution < -0.4 is 5.32 Å². The van der Waals surface area contributed by atoms with E-state index in [1.807, 2.05) is 41.2 Å². The van der Waals surface area contributed by atoms with Crippen molar-refractivity contribution in [2.75, 3.05) is 0 Å². The van der Waals surface area contributed by atoms with E-state index in [4.69, 9.17) is 0 Å². The SMILES string of the molecule is c1ccc(-n2cc(CNC3CCC4(CC3)CC4)nn2)cc1. The van der Waals surface area contributed by atoms with E-state index in [2.05, 4.69) is 15.6 Å². The Morgan fingerprint density at radius 1 is 1.10 bits per heavy atom. The highest BCUT2D eigenvalue weighted by Crippen LogP contribution is 2.56. The van der Waals surface area contributed by atoms with Gasteiger partial charge in [0.05, 0.1) is 17.6 Å². The van der Waals surface area contributed by atoms with E-state index in [1.165, 1.54) is 38.5 Å². The highest BCUT2D eigenvalue weighted by Gasteiger charge is 2.44. The fraction of sp³-hybridized carbons (Fsp3) is 0.529. The van der Waals surface area contributed by atoms with Crippen molar-refractivity contribution in [3.05, 3.63) is 42.2 Å². The van der Waals surface area contributed by atoms with E-state index in [9.17, 15) is 0 Å². The Balaban J connectivity index is 1.32. The first kappa shape index (κ1) is 13.0. The Labute approximate surface area is 125 Å². The van der Waals surface area contributed by atoms with Crippen LogP contribution >= 0.6 is 0 Å². The first-order valence-corrected chi connectivity index (χ1v) is 8.03. The fourth-order valence-corrected chi connectivity index (χ4v) is 3.45. The standard InChI is InChI=1S/C17H22N4/c1-2-4-16(5-3-1)21-13-15(19-20-21)12-18-14-6-8-17(9-7-14)10-11-17/h1-5,13-14,18H,6-12H2. The predicted octanol–water partition coefficient (Wildman–Crippen LogP) is 3.08. The molecule has 2 aliphatic rings. The fourth-order valence-electron chi connectivity index (χ4n) is 3.45. The van der Waals surface area contributed by atoms with Crippen LogP contribution in [0.3, 0.4) is 0 Å². The van der Waals surface area contributed by atoms with Crippen molar-refractivity contribution in [1.82, 2.24) is 20.3 Å². The number of benzene rings is 1. The molecule has 0 aliphatic heterocycles. The third-order valence-electron chi connectivity index (χ3n) is 5.14. The Bertz CT molecular complexity index is 590. The molecule has 2 fully saturated rings. The normalized spacial score (nSPS) is 20.8. The van der Waals surface area contributed by atoms with Gasteiger partial charge in [-0.2, -0.15) is 0 Å². The molecule has 0 bridgehead atoms. The Hall–Kier alpha value is -1.68. The molecule has 4 rings (SSSR count). The van der Waals surface area contributed by atoms with Gasteiger partial charge < -0.3 is 5.32 Å². The highest BCUT2D eigenvalue weighted by atomic mass is 15.4. The summed E-state index contributed by atoms with van der Waals surface area (Å²) in [5.41, 5.74) is 2.85. The van der Waals surface area contributed by atoms with Gasteiger partial charge in [-0.25, -0.2) is 4.68 Å². The van der Waals surface area contributed by atoms with Crippen molar-refractivity contribution < 1.29 is 0 Å². The zero-order valence-electron chi connectivity index (χ0n) is 12.3. The lowest BCUT2D eigenvalue weighted by atomic mass is 9.83. The Morgan fingerprint density at radius 2 is 1.86 bits per heavy atom. The second-order valence-corrected chi connectivity index (χ2v) is 6.65. The quantitative estimate of drug-likeness (QED) is 0.937. The summed E-state index contributed by atoms with van der Waals surface area (Å²) in [6, 6.07) is 10.8. The summed E-state index contributed by atoms with van der Waals surface area (Å²) in [5.74, 6) is 0. The maximum Gasteiger partial charge on any atom is 0.0969 e. The lowest BCUT2D eigenvalue weighted by Gasteiger charge is -2.28. The molecule has 0 amide bonds. The Morgan fingerprint density at radius 3 is 2.57 bits per heavy atom. The monoisotopic (exact) mass is 282 g/mol. The molecular formula is C17H22N4. The van der Waals surface area contributed by atoms with Crippen LogP contribution in [0.2, 0.25) is 0 Å². The minimum Gasteiger partial charge on any atom is -0.308 e. The number of nitrogens with one attached hydrogen (secondary N) is 1. The van der Waals surface area contributed by atoms with Gasteiger partial charge in [-0.1, -0.05) is 23.4 Å². The molecule has 110 valence electrons.